The highest BCUT2D eigenvalue weighted by Crippen LogP contribution is 2.20. The van der Waals surface area contributed by atoms with Gasteiger partial charge in [-0.1, -0.05) is 23.7 Å². The van der Waals surface area contributed by atoms with E-state index < -0.39 is 0 Å². The molecule has 2 rings (SSSR count). The second kappa shape index (κ2) is 5.85. The Hall–Kier alpha value is -1.58. The third-order valence-electron chi connectivity index (χ3n) is 2.81. The van der Waals surface area contributed by atoms with E-state index >= 15 is 0 Å². The van der Waals surface area contributed by atoms with Crippen LogP contribution in [0.15, 0.2) is 42.6 Å². The van der Waals surface area contributed by atoms with E-state index in [0.29, 0.717) is 5.02 Å². The molecule has 1 heterocycles. The second-order valence-corrected chi connectivity index (χ2v) is 4.55. The number of halogens is 1. The highest BCUT2D eigenvalue weighted by Gasteiger charge is 2.11. The summed E-state index contributed by atoms with van der Waals surface area (Å²) in [6, 6.07) is 11.1. The van der Waals surface area contributed by atoms with Crippen LogP contribution in [0.25, 0.3) is 0 Å². The Morgan fingerprint density at radius 1 is 1.33 bits per heavy atom. The first-order valence-electron chi connectivity index (χ1n) is 5.75. The number of phenolic OH excluding ortho intramolecular Hbond substituents is 1. The third-order valence-corrected chi connectivity index (χ3v) is 3.03. The molecule has 0 radical (unpaired) electrons. The first-order valence-corrected chi connectivity index (χ1v) is 6.13. The molecule has 1 aromatic heterocycles. The topological polar surface area (TPSA) is 45.1 Å². The first kappa shape index (κ1) is 12.9. The zero-order chi connectivity index (χ0) is 13.0. The van der Waals surface area contributed by atoms with Gasteiger partial charge in [0.2, 0.25) is 0 Å². The number of aromatic hydroxyl groups is 1. The van der Waals surface area contributed by atoms with Gasteiger partial charge in [0.25, 0.3) is 0 Å². The van der Waals surface area contributed by atoms with Crippen LogP contribution in [0.5, 0.6) is 5.75 Å². The quantitative estimate of drug-likeness (QED) is 0.891. The Balaban J connectivity index is 2.17. The maximum Gasteiger partial charge on any atom is 0.115 e. The van der Waals surface area contributed by atoms with Crippen molar-refractivity contribution in [3.63, 3.8) is 0 Å². The maximum atomic E-state index is 9.45. The van der Waals surface area contributed by atoms with Crippen LogP contribution < -0.4 is 5.32 Å². The molecule has 94 valence electrons. The van der Waals surface area contributed by atoms with Crippen LogP contribution in [0, 0.1) is 0 Å². The highest BCUT2D eigenvalue weighted by molar-refractivity contribution is 6.30. The lowest BCUT2D eigenvalue weighted by Gasteiger charge is -2.15. The van der Waals surface area contributed by atoms with E-state index in [1.54, 1.807) is 18.3 Å². The van der Waals surface area contributed by atoms with Crippen molar-refractivity contribution in [2.75, 3.05) is 7.05 Å². The fourth-order valence-electron chi connectivity index (χ4n) is 1.87. The molecule has 0 saturated carbocycles. The molecule has 0 aliphatic carbocycles. The Morgan fingerprint density at radius 3 is 2.78 bits per heavy atom. The Morgan fingerprint density at radius 2 is 2.17 bits per heavy atom. The molecule has 0 spiro atoms. The van der Waals surface area contributed by atoms with Gasteiger partial charge in [-0.2, -0.15) is 0 Å². The van der Waals surface area contributed by atoms with E-state index in [-0.39, 0.29) is 11.8 Å². The molecule has 0 aliphatic heterocycles. The molecule has 1 unspecified atom stereocenters. The summed E-state index contributed by atoms with van der Waals surface area (Å²) in [5.74, 6) is 0.284. The fourth-order valence-corrected chi connectivity index (χ4v) is 1.98. The minimum absolute atomic E-state index is 0.101. The molecule has 0 fully saturated rings. The summed E-state index contributed by atoms with van der Waals surface area (Å²) in [6.07, 6.45) is 2.41. The Kier molecular flexibility index (Phi) is 4.18. The third kappa shape index (κ3) is 3.22. The monoisotopic (exact) mass is 262 g/mol. The zero-order valence-corrected chi connectivity index (χ0v) is 10.9. The summed E-state index contributed by atoms with van der Waals surface area (Å²) in [5, 5.41) is 13.3. The predicted octanol–water partition coefficient (Wildman–Crippen LogP) is 2.94. The van der Waals surface area contributed by atoms with Crippen molar-refractivity contribution >= 4 is 11.6 Å². The highest BCUT2D eigenvalue weighted by atomic mass is 35.5. The van der Waals surface area contributed by atoms with Gasteiger partial charge in [-0.05, 0) is 43.3 Å². The summed E-state index contributed by atoms with van der Waals surface area (Å²) in [7, 11) is 1.89. The number of aromatic nitrogens is 1. The molecule has 2 aromatic rings. The number of rotatable bonds is 4. The van der Waals surface area contributed by atoms with Gasteiger partial charge in [0.15, 0.2) is 0 Å². The van der Waals surface area contributed by atoms with Crippen molar-refractivity contribution in [3.05, 3.63) is 58.9 Å². The fraction of sp³-hybridized carbons (Fsp3) is 0.214. The van der Waals surface area contributed by atoms with E-state index in [9.17, 15) is 5.11 Å². The summed E-state index contributed by atoms with van der Waals surface area (Å²) in [6.45, 7) is 0. The standard InChI is InChI=1S/C14H15ClN2O/c1-16-14(13-6-5-11(15)9-17-13)8-10-3-2-4-12(18)7-10/h2-7,9,14,16,18H,8H2,1H3. The van der Waals surface area contributed by atoms with Gasteiger partial charge in [0.1, 0.15) is 5.75 Å². The Labute approximate surface area is 111 Å². The lowest BCUT2D eigenvalue weighted by atomic mass is 10.0. The molecular weight excluding hydrogens is 248 g/mol. The van der Waals surface area contributed by atoms with Gasteiger partial charge >= 0.3 is 0 Å². The number of pyridine rings is 1. The molecule has 0 bridgehead atoms. The number of nitrogens with one attached hydrogen (secondary N) is 1. The van der Waals surface area contributed by atoms with Crippen molar-refractivity contribution < 1.29 is 5.11 Å². The van der Waals surface area contributed by atoms with Crippen molar-refractivity contribution in [1.82, 2.24) is 10.3 Å². The van der Waals surface area contributed by atoms with Gasteiger partial charge < -0.3 is 10.4 Å². The predicted molar refractivity (Wildman–Crippen MR) is 72.9 cm³/mol. The van der Waals surface area contributed by atoms with Gasteiger partial charge in [-0.3, -0.25) is 4.98 Å². The average Bonchev–Trinajstić information content (AvgIpc) is 2.37. The zero-order valence-electron chi connectivity index (χ0n) is 10.1. The summed E-state index contributed by atoms with van der Waals surface area (Å²) < 4.78 is 0. The largest absolute Gasteiger partial charge is 0.508 e. The average molecular weight is 263 g/mol. The van der Waals surface area contributed by atoms with Crippen LogP contribution >= 0.6 is 11.6 Å². The van der Waals surface area contributed by atoms with Crippen LogP contribution in [-0.4, -0.2) is 17.1 Å². The molecule has 0 amide bonds. The number of nitrogens with zero attached hydrogens (tertiary/aromatic N) is 1. The normalized spacial score (nSPS) is 12.3. The molecule has 1 atom stereocenters. The van der Waals surface area contributed by atoms with E-state index in [1.807, 2.05) is 31.3 Å². The van der Waals surface area contributed by atoms with Gasteiger partial charge in [-0.15, -0.1) is 0 Å². The van der Waals surface area contributed by atoms with Crippen molar-refractivity contribution in [2.45, 2.75) is 12.5 Å². The molecule has 0 saturated heterocycles. The number of phenols is 1. The molecule has 2 N–H and O–H groups in total. The first-order chi connectivity index (χ1) is 8.69. The van der Waals surface area contributed by atoms with Crippen LogP contribution in [0.2, 0.25) is 5.02 Å². The van der Waals surface area contributed by atoms with Crippen LogP contribution in [0.3, 0.4) is 0 Å². The molecular formula is C14H15ClN2O. The van der Waals surface area contributed by atoms with Crippen LogP contribution in [0.4, 0.5) is 0 Å². The number of hydrogen-bond acceptors (Lipinski definition) is 3. The Bertz CT molecular complexity index is 513. The number of benzene rings is 1. The smallest absolute Gasteiger partial charge is 0.115 e. The van der Waals surface area contributed by atoms with Crippen molar-refractivity contribution in [2.24, 2.45) is 0 Å². The lowest BCUT2D eigenvalue weighted by molar-refractivity contribution is 0.473. The maximum absolute atomic E-state index is 9.45. The number of hydrogen-bond donors (Lipinski definition) is 2. The van der Waals surface area contributed by atoms with Crippen molar-refractivity contribution in [3.8, 4) is 5.75 Å². The molecule has 4 heteroatoms. The summed E-state index contributed by atoms with van der Waals surface area (Å²) in [5.41, 5.74) is 2.00. The minimum Gasteiger partial charge on any atom is -0.508 e. The lowest BCUT2D eigenvalue weighted by Crippen LogP contribution is -2.19. The minimum atomic E-state index is 0.101. The van der Waals surface area contributed by atoms with E-state index in [1.165, 1.54) is 0 Å². The van der Waals surface area contributed by atoms with Gasteiger partial charge in [-0.25, -0.2) is 0 Å². The van der Waals surface area contributed by atoms with E-state index in [0.717, 1.165) is 17.7 Å². The van der Waals surface area contributed by atoms with Gasteiger partial charge in [0, 0.05) is 6.20 Å². The van der Waals surface area contributed by atoms with Crippen LogP contribution in [-0.2, 0) is 6.42 Å². The summed E-state index contributed by atoms with van der Waals surface area (Å²) in [4.78, 5) is 4.31. The second-order valence-electron chi connectivity index (χ2n) is 4.12. The molecule has 3 nitrogen and oxygen atoms in total. The number of likely N-dealkylation sites (N-methyl/N-ethyl adjacent to an activating group) is 1. The molecule has 0 aliphatic rings. The molecule has 18 heavy (non-hydrogen) atoms. The van der Waals surface area contributed by atoms with Gasteiger partial charge in [0.05, 0.1) is 16.8 Å². The van der Waals surface area contributed by atoms with E-state index in [2.05, 4.69) is 10.3 Å². The SMILES string of the molecule is CNC(Cc1cccc(O)c1)c1ccc(Cl)cn1. The molecule has 1 aromatic carbocycles. The summed E-state index contributed by atoms with van der Waals surface area (Å²) >= 11 is 5.82. The van der Waals surface area contributed by atoms with E-state index in [4.69, 9.17) is 11.6 Å². The van der Waals surface area contributed by atoms with Crippen molar-refractivity contribution in [1.29, 1.82) is 0 Å². The van der Waals surface area contributed by atoms with Crippen LogP contribution in [0.1, 0.15) is 17.3 Å².